The number of likely N-dealkylation sites (tertiary alicyclic amines) is 1. The van der Waals surface area contributed by atoms with Crippen LogP contribution < -0.4 is 10.6 Å². The van der Waals surface area contributed by atoms with Gasteiger partial charge in [0.2, 0.25) is 11.8 Å². The summed E-state index contributed by atoms with van der Waals surface area (Å²) in [7, 11) is 1.85. The van der Waals surface area contributed by atoms with Gasteiger partial charge in [-0.15, -0.1) is 0 Å². The molecule has 0 spiro atoms. The van der Waals surface area contributed by atoms with Crippen LogP contribution in [0.25, 0.3) is 10.9 Å². The van der Waals surface area contributed by atoms with Crippen LogP contribution in [0.2, 0.25) is 0 Å². The van der Waals surface area contributed by atoms with Gasteiger partial charge in [-0.2, -0.15) is 5.10 Å². The number of nitrogens with one attached hydrogen (secondary N) is 2. The number of anilines is 1. The van der Waals surface area contributed by atoms with Gasteiger partial charge in [0, 0.05) is 43.7 Å². The predicted octanol–water partition coefficient (Wildman–Crippen LogP) is 2.90. The van der Waals surface area contributed by atoms with E-state index >= 15 is 0 Å². The van der Waals surface area contributed by atoms with Gasteiger partial charge in [-0.05, 0) is 58.2 Å². The van der Waals surface area contributed by atoms with Crippen LogP contribution in [-0.2, 0) is 21.4 Å². The lowest BCUT2D eigenvalue weighted by molar-refractivity contribution is -0.134. The fourth-order valence-corrected chi connectivity index (χ4v) is 4.41. The number of amides is 3. The second kappa shape index (κ2) is 8.44. The Bertz CT molecular complexity index is 1050. The molecule has 0 saturated carbocycles. The van der Waals surface area contributed by atoms with Crippen LogP contribution in [0.3, 0.4) is 0 Å². The van der Waals surface area contributed by atoms with Crippen molar-refractivity contribution in [3.05, 3.63) is 23.9 Å². The number of fused-ring (bicyclic) bond motifs is 1. The van der Waals surface area contributed by atoms with E-state index in [1.165, 1.54) is 0 Å². The Labute approximate surface area is 187 Å². The predicted molar refractivity (Wildman–Crippen MR) is 120 cm³/mol. The Morgan fingerprint density at radius 1 is 1.25 bits per heavy atom. The highest BCUT2D eigenvalue weighted by atomic mass is 16.6. The summed E-state index contributed by atoms with van der Waals surface area (Å²) in [6.45, 7) is 6.90. The highest BCUT2D eigenvalue weighted by Crippen LogP contribution is 2.32. The van der Waals surface area contributed by atoms with Gasteiger partial charge in [0.05, 0.1) is 17.1 Å². The first-order valence-corrected chi connectivity index (χ1v) is 11.2. The Morgan fingerprint density at radius 2 is 2.03 bits per heavy atom. The molecule has 2 atom stereocenters. The zero-order valence-corrected chi connectivity index (χ0v) is 19.1. The molecule has 2 aliphatic rings. The Hall–Kier alpha value is -3.10. The molecule has 1 aromatic heterocycles. The summed E-state index contributed by atoms with van der Waals surface area (Å²) in [5, 5.41) is 11.5. The van der Waals surface area contributed by atoms with Crippen molar-refractivity contribution in [2.24, 2.45) is 7.05 Å². The van der Waals surface area contributed by atoms with Crippen molar-refractivity contribution < 1.29 is 19.1 Å². The average Bonchev–Trinajstić information content (AvgIpc) is 3.03. The monoisotopic (exact) mass is 441 g/mol. The van der Waals surface area contributed by atoms with Crippen LogP contribution >= 0.6 is 0 Å². The number of nitrogens with zero attached hydrogens (tertiary/aromatic N) is 3. The standard InChI is InChI=1S/C23H31N5O4/c1-23(2,3)32-22(31)28-11-5-6-15(13-28)24-14-7-8-16-18(12-14)27(4)26-20(16)17-9-10-19(29)25-21(17)30/h7-8,12,15,17,24H,5-6,9-11,13H2,1-4H3,(H,25,29,30)/t15-,17?/m1/s1. The van der Waals surface area contributed by atoms with Crippen molar-refractivity contribution in [3.8, 4) is 0 Å². The maximum atomic E-state index is 12.4. The fourth-order valence-electron chi connectivity index (χ4n) is 4.41. The number of hydrogen-bond acceptors (Lipinski definition) is 6. The third-order valence-corrected chi connectivity index (χ3v) is 5.89. The SMILES string of the molecule is Cn1nc(C2CCC(=O)NC2=O)c2ccc(N[C@@H]3CCCN(C(=O)OC(C)(C)C)C3)cc21. The summed E-state index contributed by atoms with van der Waals surface area (Å²) >= 11 is 0. The minimum atomic E-state index is -0.512. The Morgan fingerprint density at radius 3 is 2.75 bits per heavy atom. The number of benzene rings is 1. The summed E-state index contributed by atoms with van der Waals surface area (Å²) in [6, 6.07) is 6.09. The number of piperidine rings is 2. The molecule has 9 heteroatoms. The molecule has 2 fully saturated rings. The maximum Gasteiger partial charge on any atom is 0.410 e. The van der Waals surface area contributed by atoms with Gasteiger partial charge in [-0.25, -0.2) is 4.79 Å². The molecule has 2 aromatic rings. The summed E-state index contributed by atoms with van der Waals surface area (Å²) in [6.07, 6.45) is 2.39. The Kier molecular flexibility index (Phi) is 5.83. The molecule has 2 N–H and O–H groups in total. The van der Waals surface area contributed by atoms with Crippen molar-refractivity contribution in [3.63, 3.8) is 0 Å². The van der Waals surface area contributed by atoms with Gasteiger partial charge in [-0.1, -0.05) is 0 Å². The summed E-state index contributed by atoms with van der Waals surface area (Å²) < 4.78 is 7.29. The number of hydrogen-bond donors (Lipinski definition) is 2. The number of aryl methyl sites for hydroxylation is 1. The van der Waals surface area contributed by atoms with Gasteiger partial charge in [0.15, 0.2) is 0 Å². The second-order valence-corrected chi connectivity index (χ2v) is 9.65. The number of aromatic nitrogens is 2. The number of imide groups is 1. The third kappa shape index (κ3) is 4.71. The van der Waals surface area contributed by atoms with Gasteiger partial charge < -0.3 is 15.0 Å². The molecule has 4 rings (SSSR count). The number of ether oxygens (including phenoxy) is 1. The molecule has 1 aromatic carbocycles. The molecule has 0 radical (unpaired) electrons. The van der Waals surface area contributed by atoms with Crippen LogP contribution in [0.5, 0.6) is 0 Å². The first kappa shape index (κ1) is 22.1. The lowest BCUT2D eigenvalue weighted by Gasteiger charge is -2.34. The van der Waals surface area contributed by atoms with Crippen molar-refractivity contribution in [1.29, 1.82) is 0 Å². The number of rotatable bonds is 3. The van der Waals surface area contributed by atoms with E-state index in [1.54, 1.807) is 9.58 Å². The van der Waals surface area contributed by atoms with Crippen LogP contribution in [0, 0.1) is 0 Å². The van der Waals surface area contributed by atoms with Crippen LogP contribution in [0.15, 0.2) is 18.2 Å². The van der Waals surface area contributed by atoms with E-state index in [-0.39, 0.29) is 23.9 Å². The largest absolute Gasteiger partial charge is 0.444 e. The topological polar surface area (TPSA) is 106 Å². The number of carbonyl (C=O) groups is 3. The highest BCUT2D eigenvalue weighted by molar-refractivity contribution is 6.02. The highest BCUT2D eigenvalue weighted by Gasteiger charge is 2.32. The maximum absolute atomic E-state index is 12.4. The Balaban J connectivity index is 1.49. The molecule has 9 nitrogen and oxygen atoms in total. The summed E-state index contributed by atoms with van der Waals surface area (Å²) in [5.74, 6) is -0.935. The zero-order chi connectivity index (χ0) is 23.0. The lowest BCUT2D eigenvalue weighted by atomic mass is 9.93. The minimum absolute atomic E-state index is 0.122. The van der Waals surface area contributed by atoms with E-state index in [4.69, 9.17) is 4.74 Å². The fraction of sp³-hybridized carbons (Fsp3) is 0.565. The van der Waals surface area contributed by atoms with Crippen LogP contribution in [0.1, 0.15) is 58.1 Å². The molecule has 3 amide bonds. The van der Waals surface area contributed by atoms with E-state index in [9.17, 15) is 14.4 Å². The first-order valence-electron chi connectivity index (χ1n) is 11.2. The van der Waals surface area contributed by atoms with Crippen LogP contribution in [-0.4, -0.2) is 57.3 Å². The van der Waals surface area contributed by atoms with Crippen molar-refractivity contribution in [1.82, 2.24) is 20.0 Å². The molecule has 2 aliphatic heterocycles. The van der Waals surface area contributed by atoms with Crippen molar-refractivity contribution in [2.75, 3.05) is 18.4 Å². The molecule has 0 bridgehead atoms. The quantitative estimate of drug-likeness (QED) is 0.710. The van der Waals surface area contributed by atoms with Gasteiger partial charge >= 0.3 is 6.09 Å². The van der Waals surface area contributed by atoms with E-state index in [1.807, 2.05) is 46.0 Å². The summed E-state index contributed by atoms with van der Waals surface area (Å²) in [4.78, 5) is 38.0. The normalized spacial score (nSPS) is 22.1. The van der Waals surface area contributed by atoms with Gasteiger partial charge in [0.25, 0.3) is 0 Å². The lowest BCUT2D eigenvalue weighted by Crippen LogP contribution is -2.46. The summed E-state index contributed by atoms with van der Waals surface area (Å²) in [5.41, 5.74) is 2.04. The molecule has 32 heavy (non-hydrogen) atoms. The van der Waals surface area contributed by atoms with E-state index in [0.29, 0.717) is 31.6 Å². The molecular formula is C23H31N5O4. The average molecular weight is 442 g/mol. The molecule has 172 valence electrons. The van der Waals surface area contributed by atoms with E-state index < -0.39 is 11.5 Å². The second-order valence-electron chi connectivity index (χ2n) is 9.65. The minimum Gasteiger partial charge on any atom is -0.444 e. The molecule has 3 heterocycles. The van der Waals surface area contributed by atoms with E-state index in [0.717, 1.165) is 29.4 Å². The smallest absolute Gasteiger partial charge is 0.410 e. The zero-order valence-electron chi connectivity index (χ0n) is 19.1. The van der Waals surface area contributed by atoms with Gasteiger partial charge in [-0.3, -0.25) is 19.6 Å². The van der Waals surface area contributed by atoms with Crippen molar-refractivity contribution in [2.45, 2.75) is 64.0 Å². The number of carbonyl (C=O) groups excluding carboxylic acids is 3. The van der Waals surface area contributed by atoms with Gasteiger partial charge in [0.1, 0.15) is 5.60 Å². The molecule has 1 unspecified atom stereocenters. The third-order valence-electron chi connectivity index (χ3n) is 5.89. The van der Waals surface area contributed by atoms with Crippen LogP contribution in [0.4, 0.5) is 10.5 Å². The molecule has 2 saturated heterocycles. The van der Waals surface area contributed by atoms with Crippen molar-refractivity contribution >= 4 is 34.5 Å². The molecule has 0 aliphatic carbocycles. The van der Waals surface area contributed by atoms with E-state index in [2.05, 4.69) is 15.7 Å². The first-order chi connectivity index (χ1) is 15.1. The molecular weight excluding hydrogens is 410 g/mol.